The minimum Gasteiger partial charge on any atom is -0.322 e. The summed E-state index contributed by atoms with van der Waals surface area (Å²) in [6.45, 7) is 0. The van der Waals surface area contributed by atoms with E-state index in [-0.39, 0.29) is 0 Å². The van der Waals surface area contributed by atoms with Crippen LogP contribution in [0, 0.1) is 0 Å². The Bertz CT molecular complexity index is 446. The van der Waals surface area contributed by atoms with E-state index in [0.717, 1.165) is 12.3 Å². The molecule has 0 saturated carbocycles. The number of nitrogens with zero attached hydrogens (tertiary/aromatic N) is 2. The van der Waals surface area contributed by atoms with Crippen molar-refractivity contribution >= 4 is 0 Å². The molecule has 0 radical (unpaired) electrons. The molecular formula is C10H7F3N2. The molecule has 0 fully saturated rings. The molecule has 0 aliphatic carbocycles. The molecule has 5 heteroatoms. The summed E-state index contributed by atoms with van der Waals surface area (Å²) < 4.78 is 38.7. The first-order valence-corrected chi connectivity index (χ1v) is 4.23. The van der Waals surface area contributed by atoms with Crippen LogP contribution in [0.1, 0.15) is 5.56 Å². The van der Waals surface area contributed by atoms with Crippen LogP contribution in [0.3, 0.4) is 0 Å². The normalized spacial score (nSPS) is 11.7. The molecule has 0 unspecified atom stereocenters. The van der Waals surface area contributed by atoms with Crippen molar-refractivity contribution < 1.29 is 13.2 Å². The van der Waals surface area contributed by atoms with Crippen molar-refractivity contribution in [1.29, 1.82) is 0 Å². The number of hydrogen-bond donors (Lipinski definition) is 0. The van der Waals surface area contributed by atoms with E-state index in [1.807, 2.05) is 0 Å². The maximum absolute atomic E-state index is 12.4. The van der Waals surface area contributed by atoms with Crippen LogP contribution in [0.5, 0.6) is 0 Å². The largest absolute Gasteiger partial charge is 0.417 e. The van der Waals surface area contributed by atoms with Gasteiger partial charge in [-0.1, -0.05) is 0 Å². The maximum atomic E-state index is 12.4. The molecule has 0 saturated heterocycles. The van der Waals surface area contributed by atoms with E-state index in [4.69, 9.17) is 0 Å². The van der Waals surface area contributed by atoms with Gasteiger partial charge in [0.25, 0.3) is 0 Å². The predicted octanol–water partition coefficient (Wildman–Crippen LogP) is 2.89. The van der Waals surface area contributed by atoms with Gasteiger partial charge in [0.05, 0.1) is 17.4 Å². The minimum atomic E-state index is -4.35. The van der Waals surface area contributed by atoms with Crippen LogP contribution in [-0.4, -0.2) is 9.55 Å². The van der Waals surface area contributed by atoms with Gasteiger partial charge in [0.1, 0.15) is 0 Å². The van der Waals surface area contributed by atoms with Gasteiger partial charge in [0, 0.05) is 18.6 Å². The van der Waals surface area contributed by atoms with E-state index in [1.54, 1.807) is 29.1 Å². The highest BCUT2D eigenvalue weighted by Crippen LogP contribution is 2.29. The molecule has 0 aliphatic rings. The summed E-state index contributed by atoms with van der Waals surface area (Å²) in [5, 5.41) is 0. The summed E-state index contributed by atoms with van der Waals surface area (Å²) in [5.74, 6) is 0. The van der Waals surface area contributed by atoms with Crippen molar-refractivity contribution in [3.63, 3.8) is 0 Å². The van der Waals surface area contributed by atoms with Crippen molar-refractivity contribution in [1.82, 2.24) is 9.55 Å². The van der Waals surface area contributed by atoms with Crippen molar-refractivity contribution in [2.24, 2.45) is 0 Å². The number of halogens is 3. The fourth-order valence-electron chi connectivity index (χ4n) is 1.23. The Morgan fingerprint density at radius 1 is 1.07 bits per heavy atom. The third-order valence-corrected chi connectivity index (χ3v) is 1.95. The Labute approximate surface area is 84.0 Å². The van der Waals surface area contributed by atoms with Gasteiger partial charge < -0.3 is 4.57 Å². The quantitative estimate of drug-likeness (QED) is 0.710. The zero-order valence-electron chi connectivity index (χ0n) is 7.57. The van der Waals surface area contributed by atoms with Gasteiger partial charge in [-0.15, -0.1) is 0 Å². The second-order valence-electron chi connectivity index (χ2n) is 3.02. The second kappa shape index (κ2) is 3.42. The first kappa shape index (κ1) is 9.76. The van der Waals surface area contributed by atoms with E-state index in [1.165, 1.54) is 6.20 Å². The summed E-state index contributed by atoms with van der Waals surface area (Å²) in [7, 11) is 0. The molecule has 0 amide bonds. The molecular weight excluding hydrogens is 205 g/mol. The molecule has 0 N–H and O–H groups in total. The Hall–Kier alpha value is -1.78. The Balaban J connectivity index is 2.44. The molecule has 15 heavy (non-hydrogen) atoms. The summed E-state index contributed by atoms with van der Waals surface area (Å²) in [6.07, 6.45) is 1.17. The average Bonchev–Trinajstić information content (AvgIpc) is 2.69. The Morgan fingerprint density at radius 3 is 2.33 bits per heavy atom. The molecule has 0 bridgehead atoms. The van der Waals surface area contributed by atoms with Crippen molar-refractivity contribution in [3.8, 4) is 5.69 Å². The highest BCUT2D eigenvalue weighted by molar-refractivity contribution is 5.33. The molecule has 0 aromatic carbocycles. The van der Waals surface area contributed by atoms with Crippen molar-refractivity contribution in [2.45, 2.75) is 6.18 Å². The molecule has 2 aromatic rings. The van der Waals surface area contributed by atoms with Crippen LogP contribution in [0.15, 0.2) is 43.0 Å². The maximum Gasteiger partial charge on any atom is 0.417 e. The van der Waals surface area contributed by atoms with Gasteiger partial charge in [0.2, 0.25) is 0 Å². The SMILES string of the molecule is FC(F)(F)c1cncc(-n2cccc2)c1. The second-order valence-corrected chi connectivity index (χ2v) is 3.02. The Kier molecular flexibility index (Phi) is 2.22. The van der Waals surface area contributed by atoms with Crippen LogP contribution in [-0.2, 0) is 6.18 Å². The van der Waals surface area contributed by atoms with Crippen molar-refractivity contribution in [3.05, 3.63) is 48.5 Å². The molecule has 2 heterocycles. The van der Waals surface area contributed by atoms with E-state index in [9.17, 15) is 13.2 Å². The van der Waals surface area contributed by atoms with Gasteiger partial charge in [-0.2, -0.15) is 13.2 Å². The lowest BCUT2D eigenvalue weighted by Gasteiger charge is -2.08. The first-order valence-electron chi connectivity index (χ1n) is 4.23. The average molecular weight is 212 g/mol. The van der Waals surface area contributed by atoms with Crippen LogP contribution < -0.4 is 0 Å². The molecule has 0 aliphatic heterocycles. The van der Waals surface area contributed by atoms with Crippen LogP contribution in [0.4, 0.5) is 13.2 Å². The van der Waals surface area contributed by atoms with Crippen LogP contribution >= 0.6 is 0 Å². The number of aromatic nitrogens is 2. The standard InChI is InChI=1S/C10H7F3N2/c11-10(12,13)8-5-9(7-14-6-8)15-3-1-2-4-15/h1-7H. The monoisotopic (exact) mass is 212 g/mol. The van der Waals surface area contributed by atoms with Crippen LogP contribution in [0.2, 0.25) is 0 Å². The summed E-state index contributed by atoms with van der Waals surface area (Å²) in [5.41, 5.74) is -0.344. The van der Waals surface area contributed by atoms with Crippen LogP contribution in [0.25, 0.3) is 5.69 Å². The fraction of sp³-hybridized carbons (Fsp3) is 0.100. The predicted molar refractivity (Wildman–Crippen MR) is 48.6 cm³/mol. The lowest BCUT2D eigenvalue weighted by Crippen LogP contribution is -2.06. The Morgan fingerprint density at radius 2 is 1.73 bits per heavy atom. The smallest absolute Gasteiger partial charge is 0.322 e. The molecule has 2 rings (SSSR count). The molecule has 78 valence electrons. The lowest BCUT2D eigenvalue weighted by atomic mass is 10.2. The highest BCUT2D eigenvalue weighted by atomic mass is 19.4. The highest BCUT2D eigenvalue weighted by Gasteiger charge is 2.31. The zero-order chi connectivity index (χ0) is 10.9. The van der Waals surface area contributed by atoms with Gasteiger partial charge in [-0.05, 0) is 18.2 Å². The topological polar surface area (TPSA) is 17.8 Å². The van der Waals surface area contributed by atoms with Crippen molar-refractivity contribution in [2.75, 3.05) is 0 Å². The summed E-state index contributed by atoms with van der Waals surface area (Å²) in [4.78, 5) is 3.57. The molecule has 0 spiro atoms. The van der Waals surface area contributed by atoms with Gasteiger partial charge >= 0.3 is 6.18 Å². The van der Waals surface area contributed by atoms with Gasteiger partial charge in [-0.3, -0.25) is 4.98 Å². The lowest BCUT2D eigenvalue weighted by molar-refractivity contribution is -0.137. The number of hydrogen-bond acceptors (Lipinski definition) is 1. The van der Waals surface area contributed by atoms with E-state index in [0.29, 0.717) is 5.69 Å². The minimum absolute atomic E-state index is 0.398. The summed E-state index contributed by atoms with van der Waals surface area (Å²) in [6, 6.07) is 4.54. The summed E-state index contributed by atoms with van der Waals surface area (Å²) >= 11 is 0. The molecule has 2 nitrogen and oxygen atoms in total. The van der Waals surface area contributed by atoms with E-state index >= 15 is 0 Å². The third kappa shape index (κ3) is 2.01. The number of pyridine rings is 1. The molecule has 2 aromatic heterocycles. The number of alkyl halides is 3. The first-order chi connectivity index (χ1) is 7.07. The third-order valence-electron chi connectivity index (χ3n) is 1.95. The van der Waals surface area contributed by atoms with Gasteiger partial charge in [-0.25, -0.2) is 0 Å². The van der Waals surface area contributed by atoms with Gasteiger partial charge in [0.15, 0.2) is 0 Å². The fourth-order valence-corrected chi connectivity index (χ4v) is 1.23. The van der Waals surface area contributed by atoms with E-state index < -0.39 is 11.7 Å². The number of rotatable bonds is 1. The zero-order valence-corrected chi connectivity index (χ0v) is 7.57. The van der Waals surface area contributed by atoms with E-state index in [2.05, 4.69) is 4.98 Å². The molecule has 0 atom stereocenters.